The minimum atomic E-state index is 0.576. The highest BCUT2D eigenvalue weighted by Crippen LogP contribution is 2.10. The Morgan fingerprint density at radius 3 is 2.14 bits per heavy atom. The Morgan fingerprint density at radius 1 is 1.14 bits per heavy atom. The highest BCUT2D eigenvalue weighted by Gasteiger charge is 2.17. The lowest BCUT2D eigenvalue weighted by molar-refractivity contribution is 0.149. The number of nitrogens with two attached hydrogens (primary N) is 1. The van der Waals surface area contributed by atoms with Crippen LogP contribution >= 0.6 is 0 Å². The van der Waals surface area contributed by atoms with Gasteiger partial charge < -0.3 is 5.73 Å². The zero-order valence-corrected chi connectivity index (χ0v) is 10.4. The third-order valence-electron chi connectivity index (χ3n) is 2.90. The molecule has 0 rings (SSSR count). The van der Waals surface area contributed by atoms with Gasteiger partial charge in [-0.15, -0.1) is 0 Å². The molecule has 1 unspecified atom stereocenters. The molecule has 14 heavy (non-hydrogen) atoms. The standard InChI is InChI=1S/C12H28N2/c1-5-7-8-9-14(11(3)4)12(6-2)10-13/h11-12H,5-10,13H2,1-4H3. The lowest BCUT2D eigenvalue weighted by Gasteiger charge is -2.33. The first-order valence-corrected chi connectivity index (χ1v) is 6.13. The lowest BCUT2D eigenvalue weighted by atomic mass is 10.1. The molecule has 2 heteroatoms. The molecular formula is C12H28N2. The van der Waals surface area contributed by atoms with E-state index in [1.165, 1.54) is 32.2 Å². The second kappa shape index (κ2) is 8.25. The average molecular weight is 200 g/mol. The number of nitrogens with zero attached hydrogens (tertiary/aromatic N) is 1. The molecule has 0 aliphatic carbocycles. The van der Waals surface area contributed by atoms with E-state index in [1.807, 2.05) is 0 Å². The van der Waals surface area contributed by atoms with Crippen molar-refractivity contribution in [3.05, 3.63) is 0 Å². The van der Waals surface area contributed by atoms with E-state index in [0.717, 1.165) is 6.54 Å². The molecule has 0 amide bonds. The predicted octanol–water partition coefficient (Wildman–Crippen LogP) is 2.62. The summed E-state index contributed by atoms with van der Waals surface area (Å²) in [5, 5.41) is 0. The summed E-state index contributed by atoms with van der Waals surface area (Å²) in [4.78, 5) is 2.55. The van der Waals surface area contributed by atoms with Crippen molar-refractivity contribution in [2.75, 3.05) is 13.1 Å². The maximum Gasteiger partial charge on any atom is 0.0218 e. The molecule has 0 fully saturated rings. The lowest BCUT2D eigenvalue weighted by Crippen LogP contribution is -2.44. The van der Waals surface area contributed by atoms with Crippen LogP contribution in [0.1, 0.15) is 53.4 Å². The molecule has 0 saturated heterocycles. The summed E-state index contributed by atoms with van der Waals surface area (Å²) in [6, 6.07) is 1.20. The van der Waals surface area contributed by atoms with Crippen LogP contribution in [0.5, 0.6) is 0 Å². The van der Waals surface area contributed by atoms with Gasteiger partial charge in [-0.2, -0.15) is 0 Å². The summed E-state index contributed by atoms with van der Waals surface area (Å²) in [6.45, 7) is 11.0. The first-order valence-electron chi connectivity index (χ1n) is 6.13. The van der Waals surface area contributed by atoms with Gasteiger partial charge in [0.2, 0.25) is 0 Å². The number of rotatable bonds is 8. The van der Waals surface area contributed by atoms with Crippen LogP contribution < -0.4 is 5.73 Å². The van der Waals surface area contributed by atoms with Crippen molar-refractivity contribution in [2.24, 2.45) is 5.73 Å². The fraction of sp³-hybridized carbons (Fsp3) is 1.00. The van der Waals surface area contributed by atoms with Crippen LogP contribution in [-0.4, -0.2) is 30.1 Å². The Kier molecular flexibility index (Phi) is 8.20. The zero-order valence-electron chi connectivity index (χ0n) is 10.4. The maximum absolute atomic E-state index is 5.78. The SMILES string of the molecule is CCCCCN(C(C)C)C(CC)CN. The van der Waals surface area contributed by atoms with Gasteiger partial charge in [0.1, 0.15) is 0 Å². The molecule has 0 aromatic carbocycles. The van der Waals surface area contributed by atoms with Gasteiger partial charge in [0, 0.05) is 18.6 Å². The third kappa shape index (κ3) is 4.97. The van der Waals surface area contributed by atoms with E-state index >= 15 is 0 Å². The van der Waals surface area contributed by atoms with Crippen molar-refractivity contribution in [3.63, 3.8) is 0 Å². The molecule has 0 spiro atoms. The van der Waals surface area contributed by atoms with E-state index < -0.39 is 0 Å². The Balaban J connectivity index is 3.99. The van der Waals surface area contributed by atoms with E-state index in [0.29, 0.717) is 12.1 Å². The Labute approximate surface area is 89.9 Å². The van der Waals surface area contributed by atoms with E-state index in [2.05, 4.69) is 32.6 Å². The molecular weight excluding hydrogens is 172 g/mol. The monoisotopic (exact) mass is 200 g/mol. The first kappa shape index (κ1) is 13.9. The maximum atomic E-state index is 5.78. The summed E-state index contributed by atoms with van der Waals surface area (Å²) >= 11 is 0. The fourth-order valence-electron chi connectivity index (χ4n) is 1.94. The molecule has 0 bridgehead atoms. The van der Waals surface area contributed by atoms with Gasteiger partial charge in [0.25, 0.3) is 0 Å². The predicted molar refractivity (Wildman–Crippen MR) is 64.5 cm³/mol. The number of unbranched alkanes of at least 4 members (excludes halogenated alkanes) is 2. The van der Waals surface area contributed by atoms with E-state index in [4.69, 9.17) is 5.73 Å². The summed E-state index contributed by atoms with van der Waals surface area (Å²) in [5.41, 5.74) is 5.78. The van der Waals surface area contributed by atoms with Crippen molar-refractivity contribution in [1.82, 2.24) is 4.90 Å². The summed E-state index contributed by atoms with van der Waals surface area (Å²) < 4.78 is 0. The molecule has 1 atom stereocenters. The summed E-state index contributed by atoms with van der Waals surface area (Å²) in [6.07, 6.45) is 5.11. The van der Waals surface area contributed by atoms with Crippen LogP contribution in [0.2, 0.25) is 0 Å². The highest BCUT2D eigenvalue weighted by molar-refractivity contribution is 4.74. The number of hydrogen-bond donors (Lipinski definition) is 1. The molecule has 0 aromatic rings. The normalized spacial score (nSPS) is 13.9. The van der Waals surface area contributed by atoms with Crippen LogP contribution in [0, 0.1) is 0 Å². The van der Waals surface area contributed by atoms with Gasteiger partial charge in [-0.1, -0.05) is 26.7 Å². The minimum absolute atomic E-state index is 0.576. The Hall–Kier alpha value is -0.0800. The van der Waals surface area contributed by atoms with Gasteiger partial charge in [-0.05, 0) is 33.2 Å². The Bertz CT molecular complexity index is 119. The quantitative estimate of drug-likeness (QED) is 0.610. The minimum Gasteiger partial charge on any atom is -0.329 e. The Morgan fingerprint density at radius 2 is 1.79 bits per heavy atom. The highest BCUT2D eigenvalue weighted by atomic mass is 15.2. The second-order valence-corrected chi connectivity index (χ2v) is 4.34. The smallest absolute Gasteiger partial charge is 0.0218 e. The van der Waals surface area contributed by atoms with Crippen molar-refractivity contribution in [2.45, 2.75) is 65.5 Å². The summed E-state index contributed by atoms with van der Waals surface area (Å²) in [5.74, 6) is 0. The number of hydrogen-bond acceptors (Lipinski definition) is 2. The van der Waals surface area contributed by atoms with Gasteiger partial charge in [0.05, 0.1) is 0 Å². The molecule has 0 aromatic heterocycles. The van der Waals surface area contributed by atoms with E-state index in [-0.39, 0.29) is 0 Å². The van der Waals surface area contributed by atoms with E-state index in [1.54, 1.807) is 0 Å². The third-order valence-corrected chi connectivity index (χ3v) is 2.90. The van der Waals surface area contributed by atoms with Crippen LogP contribution in [0.3, 0.4) is 0 Å². The van der Waals surface area contributed by atoms with Crippen molar-refractivity contribution >= 4 is 0 Å². The van der Waals surface area contributed by atoms with Crippen LogP contribution in [-0.2, 0) is 0 Å². The van der Waals surface area contributed by atoms with Gasteiger partial charge in [-0.3, -0.25) is 4.90 Å². The average Bonchev–Trinajstić information content (AvgIpc) is 2.17. The van der Waals surface area contributed by atoms with Gasteiger partial charge in [0.15, 0.2) is 0 Å². The molecule has 2 nitrogen and oxygen atoms in total. The van der Waals surface area contributed by atoms with Gasteiger partial charge >= 0.3 is 0 Å². The van der Waals surface area contributed by atoms with Crippen LogP contribution in [0.25, 0.3) is 0 Å². The molecule has 0 heterocycles. The molecule has 0 aliphatic rings. The van der Waals surface area contributed by atoms with Crippen molar-refractivity contribution in [1.29, 1.82) is 0 Å². The fourth-order valence-corrected chi connectivity index (χ4v) is 1.94. The zero-order chi connectivity index (χ0) is 11.0. The molecule has 0 aliphatic heterocycles. The van der Waals surface area contributed by atoms with Crippen molar-refractivity contribution in [3.8, 4) is 0 Å². The second-order valence-electron chi connectivity index (χ2n) is 4.34. The van der Waals surface area contributed by atoms with Crippen LogP contribution in [0.4, 0.5) is 0 Å². The molecule has 0 radical (unpaired) electrons. The van der Waals surface area contributed by atoms with E-state index in [9.17, 15) is 0 Å². The molecule has 86 valence electrons. The van der Waals surface area contributed by atoms with Crippen molar-refractivity contribution < 1.29 is 0 Å². The summed E-state index contributed by atoms with van der Waals surface area (Å²) in [7, 11) is 0. The van der Waals surface area contributed by atoms with Gasteiger partial charge in [-0.25, -0.2) is 0 Å². The first-order chi connectivity index (χ1) is 6.67. The molecule has 0 saturated carbocycles. The largest absolute Gasteiger partial charge is 0.329 e. The van der Waals surface area contributed by atoms with Crippen LogP contribution in [0.15, 0.2) is 0 Å². The molecule has 2 N–H and O–H groups in total. The topological polar surface area (TPSA) is 29.3 Å².